The number of benzene rings is 2. The van der Waals surface area contributed by atoms with Gasteiger partial charge in [-0.2, -0.15) is 0 Å². The molecule has 0 N–H and O–H groups in total. The monoisotopic (exact) mass is 352 g/mol. The SMILES string of the molecule is COc1cc(Cl)c(C(Cl)c2ccc(F)cc2Cl)cc1Cl. The number of hydrogen-bond acceptors (Lipinski definition) is 1. The van der Waals surface area contributed by atoms with Gasteiger partial charge >= 0.3 is 0 Å². The van der Waals surface area contributed by atoms with E-state index in [1.807, 2.05) is 0 Å². The summed E-state index contributed by atoms with van der Waals surface area (Å²) in [6, 6.07) is 7.19. The van der Waals surface area contributed by atoms with E-state index < -0.39 is 11.2 Å². The van der Waals surface area contributed by atoms with Crippen LogP contribution in [-0.2, 0) is 0 Å². The van der Waals surface area contributed by atoms with Crippen molar-refractivity contribution in [3.8, 4) is 5.75 Å². The van der Waals surface area contributed by atoms with E-state index in [1.165, 1.54) is 25.3 Å². The van der Waals surface area contributed by atoms with E-state index in [2.05, 4.69) is 0 Å². The van der Waals surface area contributed by atoms with Crippen molar-refractivity contribution in [1.29, 1.82) is 0 Å². The molecule has 6 heteroatoms. The lowest BCUT2D eigenvalue weighted by molar-refractivity contribution is 0.415. The van der Waals surface area contributed by atoms with Crippen molar-refractivity contribution in [3.63, 3.8) is 0 Å². The van der Waals surface area contributed by atoms with Crippen molar-refractivity contribution in [3.05, 3.63) is 62.3 Å². The molecular formula is C14H9Cl4FO. The first kappa shape index (κ1) is 15.7. The summed E-state index contributed by atoms with van der Waals surface area (Å²) in [5.74, 6) is 0.0240. The second kappa shape index (κ2) is 6.40. The molecule has 0 saturated heterocycles. The minimum absolute atomic E-state index is 0.230. The van der Waals surface area contributed by atoms with Gasteiger partial charge in [-0.1, -0.05) is 40.9 Å². The highest BCUT2D eigenvalue weighted by Crippen LogP contribution is 2.41. The van der Waals surface area contributed by atoms with E-state index in [9.17, 15) is 4.39 Å². The molecule has 20 heavy (non-hydrogen) atoms. The van der Waals surface area contributed by atoms with Crippen molar-refractivity contribution >= 4 is 46.4 Å². The quantitative estimate of drug-likeness (QED) is 0.603. The Kier molecular flexibility index (Phi) is 5.03. The fraction of sp³-hybridized carbons (Fsp3) is 0.143. The first-order valence-corrected chi connectivity index (χ1v) is 7.13. The molecule has 0 spiro atoms. The second-order valence-electron chi connectivity index (χ2n) is 4.04. The summed E-state index contributed by atoms with van der Waals surface area (Å²) in [6.07, 6.45) is 0. The fourth-order valence-corrected chi connectivity index (χ4v) is 3.04. The zero-order valence-electron chi connectivity index (χ0n) is 10.3. The largest absolute Gasteiger partial charge is 0.495 e. The molecule has 2 aromatic rings. The van der Waals surface area contributed by atoms with Gasteiger partial charge in [-0.15, -0.1) is 11.6 Å². The van der Waals surface area contributed by atoms with Crippen LogP contribution >= 0.6 is 46.4 Å². The van der Waals surface area contributed by atoms with E-state index in [-0.39, 0.29) is 5.02 Å². The minimum Gasteiger partial charge on any atom is -0.495 e. The summed E-state index contributed by atoms with van der Waals surface area (Å²) in [5.41, 5.74) is 1.13. The van der Waals surface area contributed by atoms with Gasteiger partial charge in [0.05, 0.1) is 17.5 Å². The van der Waals surface area contributed by atoms with Crippen LogP contribution in [0.2, 0.25) is 15.1 Å². The van der Waals surface area contributed by atoms with Crippen LogP contribution in [0.3, 0.4) is 0 Å². The van der Waals surface area contributed by atoms with Crippen molar-refractivity contribution in [2.75, 3.05) is 7.11 Å². The van der Waals surface area contributed by atoms with Crippen LogP contribution in [0.5, 0.6) is 5.75 Å². The maximum atomic E-state index is 13.1. The van der Waals surface area contributed by atoms with Crippen LogP contribution in [0.4, 0.5) is 4.39 Å². The van der Waals surface area contributed by atoms with E-state index in [0.29, 0.717) is 26.9 Å². The molecule has 2 rings (SSSR count). The molecule has 1 nitrogen and oxygen atoms in total. The van der Waals surface area contributed by atoms with Crippen LogP contribution in [0, 0.1) is 5.82 Å². The summed E-state index contributed by atoms with van der Waals surface area (Å²) >= 11 is 24.6. The fourth-order valence-electron chi connectivity index (χ4n) is 1.77. The van der Waals surface area contributed by atoms with Crippen molar-refractivity contribution in [2.45, 2.75) is 5.38 Å². The van der Waals surface area contributed by atoms with Crippen LogP contribution in [-0.4, -0.2) is 7.11 Å². The highest BCUT2D eigenvalue weighted by Gasteiger charge is 2.19. The normalized spacial score (nSPS) is 12.3. The highest BCUT2D eigenvalue weighted by atomic mass is 35.5. The molecule has 106 valence electrons. The molecule has 0 bridgehead atoms. The van der Waals surface area contributed by atoms with Crippen molar-refractivity contribution < 1.29 is 9.13 Å². The van der Waals surface area contributed by atoms with Gasteiger partial charge in [0.25, 0.3) is 0 Å². The first-order valence-electron chi connectivity index (χ1n) is 5.56. The Morgan fingerprint density at radius 3 is 2.20 bits per heavy atom. The van der Waals surface area contributed by atoms with Gasteiger partial charge in [0.2, 0.25) is 0 Å². The third-order valence-corrected chi connectivity index (χ3v) is 4.20. The average molecular weight is 354 g/mol. The first-order chi connectivity index (χ1) is 9.43. The molecule has 0 aliphatic heterocycles. The molecule has 2 aromatic carbocycles. The topological polar surface area (TPSA) is 9.23 Å². The number of alkyl halides is 1. The molecule has 0 aliphatic rings. The van der Waals surface area contributed by atoms with E-state index >= 15 is 0 Å². The maximum Gasteiger partial charge on any atom is 0.138 e. The lowest BCUT2D eigenvalue weighted by Crippen LogP contribution is -1.97. The van der Waals surface area contributed by atoms with E-state index in [1.54, 1.807) is 12.1 Å². The molecular weight excluding hydrogens is 345 g/mol. The molecule has 0 heterocycles. The third-order valence-electron chi connectivity index (χ3n) is 2.78. The van der Waals surface area contributed by atoms with Gasteiger partial charge < -0.3 is 4.74 Å². The Hall–Kier alpha value is -0.670. The summed E-state index contributed by atoms with van der Waals surface area (Å²) in [4.78, 5) is 0. The lowest BCUT2D eigenvalue weighted by atomic mass is 10.0. The summed E-state index contributed by atoms with van der Waals surface area (Å²) < 4.78 is 18.1. The molecule has 0 saturated carbocycles. The summed E-state index contributed by atoms with van der Waals surface area (Å²) in [7, 11) is 1.49. The minimum atomic E-state index is -0.640. The molecule has 0 radical (unpaired) electrons. The highest BCUT2D eigenvalue weighted by molar-refractivity contribution is 6.36. The van der Waals surface area contributed by atoms with Crippen LogP contribution < -0.4 is 4.74 Å². The Morgan fingerprint density at radius 2 is 1.60 bits per heavy atom. The average Bonchev–Trinajstić information content (AvgIpc) is 2.40. The zero-order valence-corrected chi connectivity index (χ0v) is 13.3. The Balaban J connectivity index is 2.48. The molecule has 0 amide bonds. The van der Waals surface area contributed by atoms with Crippen LogP contribution in [0.25, 0.3) is 0 Å². The Bertz CT molecular complexity index is 645. The van der Waals surface area contributed by atoms with Gasteiger partial charge in [-0.25, -0.2) is 4.39 Å². The summed E-state index contributed by atoms with van der Waals surface area (Å²) in [5, 5.41) is 0.370. The predicted octanol–water partition coefficient (Wildman–Crippen LogP) is 6.12. The lowest BCUT2D eigenvalue weighted by Gasteiger charge is -2.15. The van der Waals surface area contributed by atoms with E-state index in [0.717, 1.165) is 0 Å². The zero-order chi connectivity index (χ0) is 14.9. The second-order valence-corrected chi connectivity index (χ2v) is 5.69. The van der Waals surface area contributed by atoms with Crippen LogP contribution in [0.15, 0.2) is 30.3 Å². The van der Waals surface area contributed by atoms with Gasteiger partial charge in [-0.05, 0) is 29.3 Å². The number of hydrogen-bond donors (Lipinski definition) is 0. The molecule has 0 aliphatic carbocycles. The van der Waals surface area contributed by atoms with Crippen molar-refractivity contribution in [2.24, 2.45) is 0 Å². The van der Waals surface area contributed by atoms with Crippen LogP contribution in [0.1, 0.15) is 16.5 Å². The standard InChI is InChI=1S/C14H9Cl4FO/c1-20-13-6-11(16)9(5-12(13)17)14(18)8-3-2-7(19)4-10(8)15/h2-6,14H,1H3. The van der Waals surface area contributed by atoms with Crippen molar-refractivity contribution in [1.82, 2.24) is 0 Å². The molecule has 0 fully saturated rings. The van der Waals surface area contributed by atoms with Gasteiger partial charge in [0.1, 0.15) is 11.6 Å². The number of rotatable bonds is 3. The number of halogens is 5. The summed E-state index contributed by atoms with van der Waals surface area (Å²) in [6.45, 7) is 0. The maximum absolute atomic E-state index is 13.1. The number of methoxy groups -OCH3 is 1. The predicted molar refractivity (Wildman–Crippen MR) is 82.1 cm³/mol. The molecule has 1 unspecified atom stereocenters. The Labute approximate surface area is 136 Å². The molecule has 0 aromatic heterocycles. The third kappa shape index (κ3) is 3.15. The van der Waals surface area contributed by atoms with Gasteiger partial charge in [-0.3, -0.25) is 0 Å². The Morgan fingerprint density at radius 1 is 0.950 bits per heavy atom. The smallest absolute Gasteiger partial charge is 0.138 e. The van der Waals surface area contributed by atoms with E-state index in [4.69, 9.17) is 51.1 Å². The van der Waals surface area contributed by atoms with Gasteiger partial charge in [0, 0.05) is 16.1 Å². The molecule has 1 atom stereocenters. The van der Waals surface area contributed by atoms with Gasteiger partial charge in [0.15, 0.2) is 0 Å². The number of ether oxygens (including phenoxy) is 1.